The number of carbonyl (C=O) groups is 1. The number of thioether (sulfide) groups is 1. The lowest BCUT2D eigenvalue weighted by molar-refractivity contribution is -0.137. The Labute approximate surface area is 127 Å². The lowest BCUT2D eigenvalue weighted by Crippen LogP contribution is -2.04. The van der Waals surface area contributed by atoms with Gasteiger partial charge in [0.05, 0.1) is 5.56 Å². The summed E-state index contributed by atoms with van der Waals surface area (Å²) < 4.78 is 37.8. The molecule has 0 fully saturated rings. The highest BCUT2D eigenvalue weighted by Gasteiger charge is 2.30. The molecule has 1 heterocycles. The third-order valence-electron chi connectivity index (χ3n) is 2.79. The van der Waals surface area contributed by atoms with Crippen LogP contribution in [0.25, 0.3) is 0 Å². The molecule has 2 nitrogen and oxygen atoms in total. The van der Waals surface area contributed by atoms with Gasteiger partial charge in [0, 0.05) is 15.5 Å². The molecule has 1 N–H and O–H groups in total. The molecule has 0 aliphatic heterocycles. The topological polar surface area (TPSA) is 37.3 Å². The fourth-order valence-electron chi connectivity index (χ4n) is 1.69. The van der Waals surface area contributed by atoms with Crippen LogP contribution >= 0.6 is 23.1 Å². The van der Waals surface area contributed by atoms with Crippen LogP contribution in [-0.4, -0.2) is 11.1 Å². The van der Waals surface area contributed by atoms with Gasteiger partial charge in [-0.1, -0.05) is 6.07 Å². The first-order chi connectivity index (χ1) is 9.77. The van der Waals surface area contributed by atoms with Crippen molar-refractivity contribution in [3.8, 4) is 0 Å². The van der Waals surface area contributed by atoms with Crippen LogP contribution in [-0.2, 0) is 11.9 Å². The molecule has 0 atom stereocenters. The maximum absolute atomic E-state index is 12.6. The van der Waals surface area contributed by atoms with Crippen LogP contribution in [0.1, 0.15) is 25.7 Å². The summed E-state index contributed by atoms with van der Waals surface area (Å²) in [4.78, 5) is 12.5. The Kier molecular flexibility index (Phi) is 4.63. The Hall–Kier alpha value is -1.47. The minimum absolute atomic E-state index is 0.243. The van der Waals surface area contributed by atoms with Crippen molar-refractivity contribution >= 4 is 29.1 Å². The fraction of sp³-hybridized carbons (Fsp3) is 0.214. The van der Waals surface area contributed by atoms with E-state index in [0.717, 1.165) is 22.6 Å². The average Bonchev–Trinajstić information content (AvgIpc) is 2.77. The first-order valence-electron chi connectivity index (χ1n) is 5.90. The molecule has 7 heteroatoms. The van der Waals surface area contributed by atoms with E-state index in [2.05, 4.69) is 0 Å². The Bertz CT molecular complexity index is 662. The number of rotatable bonds is 4. The molecule has 2 rings (SSSR count). The molecule has 0 aliphatic carbocycles. The van der Waals surface area contributed by atoms with E-state index in [-0.39, 0.29) is 4.88 Å². The number of benzene rings is 1. The van der Waals surface area contributed by atoms with Crippen molar-refractivity contribution in [3.63, 3.8) is 0 Å². The number of hydrogen-bond acceptors (Lipinski definition) is 3. The van der Waals surface area contributed by atoms with Crippen LogP contribution in [0.2, 0.25) is 0 Å². The van der Waals surface area contributed by atoms with Crippen LogP contribution in [0.5, 0.6) is 0 Å². The monoisotopic (exact) mass is 332 g/mol. The number of carboxylic acids is 1. The number of thiophene rings is 1. The SMILES string of the molecule is Cc1sc(C(=O)O)cc1CSc1cccc(C(F)(F)F)c1. The minimum atomic E-state index is -4.36. The summed E-state index contributed by atoms with van der Waals surface area (Å²) in [6.07, 6.45) is -4.36. The molecule has 112 valence electrons. The number of halogens is 3. The summed E-state index contributed by atoms with van der Waals surface area (Å²) >= 11 is 2.43. The summed E-state index contributed by atoms with van der Waals surface area (Å²) in [6.45, 7) is 1.80. The molecule has 0 unspecified atom stereocenters. The standard InChI is InChI=1S/C14H11F3O2S2/c1-8-9(5-12(21-8)13(18)19)7-20-11-4-2-3-10(6-11)14(15,16)17/h2-6H,7H2,1H3,(H,18,19). The number of carboxylic acid groups (broad SMARTS) is 1. The normalized spacial score (nSPS) is 11.6. The quantitative estimate of drug-likeness (QED) is 0.795. The number of aryl methyl sites for hydroxylation is 1. The molecule has 0 radical (unpaired) electrons. The van der Waals surface area contributed by atoms with Crippen LogP contribution in [0.15, 0.2) is 35.2 Å². The van der Waals surface area contributed by atoms with Crippen LogP contribution in [0.4, 0.5) is 13.2 Å². The van der Waals surface area contributed by atoms with Gasteiger partial charge in [-0.05, 0) is 36.8 Å². The van der Waals surface area contributed by atoms with Gasteiger partial charge < -0.3 is 5.11 Å². The lowest BCUT2D eigenvalue weighted by atomic mass is 10.2. The highest BCUT2D eigenvalue weighted by Crippen LogP contribution is 2.34. The summed E-state index contributed by atoms with van der Waals surface area (Å²) in [5.74, 6) is -0.546. The predicted molar refractivity (Wildman–Crippen MR) is 77.0 cm³/mol. The summed E-state index contributed by atoms with van der Waals surface area (Å²) in [6, 6.07) is 6.68. The molecule has 0 aliphatic rings. The van der Waals surface area contributed by atoms with Crippen molar-refractivity contribution in [2.75, 3.05) is 0 Å². The van der Waals surface area contributed by atoms with Crippen LogP contribution in [0.3, 0.4) is 0 Å². The second kappa shape index (κ2) is 6.11. The van der Waals surface area contributed by atoms with Gasteiger partial charge in [-0.15, -0.1) is 23.1 Å². The van der Waals surface area contributed by atoms with Gasteiger partial charge in [0.1, 0.15) is 4.88 Å². The van der Waals surface area contributed by atoms with Gasteiger partial charge >= 0.3 is 12.1 Å². The molecule has 21 heavy (non-hydrogen) atoms. The van der Waals surface area contributed by atoms with Crippen molar-refractivity contribution in [2.45, 2.75) is 23.7 Å². The third kappa shape index (κ3) is 4.01. The van der Waals surface area contributed by atoms with E-state index in [4.69, 9.17) is 5.11 Å². The molecule has 2 aromatic rings. The van der Waals surface area contributed by atoms with Gasteiger partial charge in [0.15, 0.2) is 0 Å². The smallest absolute Gasteiger partial charge is 0.416 e. The van der Waals surface area contributed by atoms with E-state index in [1.165, 1.54) is 29.2 Å². The van der Waals surface area contributed by atoms with E-state index in [9.17, 15) is 18.0 Å². The fourth-order valence-corrected chi connectivity index (χ4v) is 3.67. The maximum Gasteiger partial charge on any atom is 0.416 e. The summed E-state index contributed by atoms with van der Waals surface area (Å²) in [5.41, 5.74) is 0.153. The van der Waals surface area contributed by atoms with Crippen molar-refractivity contribution in [3.05, 3.63) is 51.2 Å². The molecule has 0 spiro atoms. The van der Waals surface area contributed by atoms with Gasteiger partial charge in [0.2, 0.25) is 0 Å². The maximum atomic E-state index is 12.6. The van der Waals surface area contributed by atoms with Gasteiger partial charge in [-0.2, -0.15) is 13.2 Å². The largest absolute Gasteiger partial charge is 0.477 e. The zero-order valence-electron chi connectivity index (χ0n) is 10.9. The van der Waals surface area contributed by atoms with E-state index in [1.807, 2.05) is 0 Å². The molecule has 1 aromatic carbocycles. The third-order valence-corrected chi connectivity index (χ3v) is 4.91. The molecule has 1 aromatic heterocycles. The van der Waals surface area contributed by atoms with Crippen molar-refractivity contribution in [2.24, 2.45) is 0 Å². The zero-order valence-corrected chi connectivity index (χ0v) is 12.5. The number of alkyl halides is 3. The molecule has 0 bridgehead atoms. The van der Waals surface area contributed by atoms with E-state index in [0.29, 0.717) is 10.6 Å². The van der Waals surface area contributed by atoms with Crippen molar-refractivity contribution in [1.29, 1.82) is 0 Å². The summed E-state index contributed by atoms with van der Waals surface area (Å²) in [7, 11) is 0. The van der Waals surface area contributed by atoms with Crippen LogP contribution in [0, 0.1) is 6.92 Å². The summed E-state index contributed by atoms with van der Waals surface area (Å²) in [5, 5.41) is 8.91. The Morgan fingerprint density at radius 1 is 1.33 bits per heavy atom. The van der Waals surface area contributed by atoms with E-state index < -0.39 is 17.7 Å². The predicted octanol–water partition coefficient (Wildman–Crippen LogP) is 5.07. The second-order valence-corrected chi connectivity index (χ2v) is 6.62. The number of aromatic carboxylic acids is 1. The van der Waals surface area contributed by atoms with Gasteiger partial charge in [-0.3, -0.25) is 0 Å². The zero-order chi connectivity index (χ0) is 15.6. The van der Waals surface area contributed by atoms with Crippen molar-refractivity contribution < 1.29 is 23.1 Å². The molecule has 0 amide bonds. The van der Waals surface area contributed by atoms with Crippen molar-refractivity contribution in [1.82, 2.24) is 0 Å². The lowest BCUT2D eigenvalue weighted by Gasteiger charge is -2.08. The van der Waals surface area contributed by atoms with Crippen LogP contribution < -0.4 is 0 Å². The first kappa shape index (κ1) is 15.9. The first-order valence-corrected chi connectivity index (χ1v) is 7.70. The Morgan fingerprint density at radius 3 is 2.62 bits per heavy atom. The van der Waals surface area contributed by atoms with E-state index in [1.54, 1.807) is 19.1 Å². The van der Waals surface area contributed by atoms with E-state index >= 15 is 0 Å². The Balaban J connectivity index is 2.12. The average molecular weight is 332 g/mol. The van der Waals surface area contributed by atoms with Gasteiger partial charge in [-0.25, -0.2) is 4.79 Å². The minimum Gasteiger partial charge on any atom is -0.477 e. The highest BCUT2D eigenvalue weighted by atomic mass is 32.2. The van der Waals surface area contributed by atoms with Gasteiger partial charge in [0.25, 0.3) is 0 Å². The molecule has 0 saturated carbocycles. The molecule has 0 saturated heterocycles. The highest BCUT2D eigenvalue weighted by molar-refractivity contribution is 7.98. The Morgan fingerprint density at radius 2 is 2.05 bits per heavy atom. The number of hydrogen-bond donors (Lipinski definition) is 1. The second-order valence-electron chi connectivity index (χ2n) is 4.31. The molecular formula is C14H11F3O2S2. The molecular weight excluding hydrogens is 321 g/mol.